The third kappa shape index (κ3) is 5.77. The topological polar surface area (TPSA) is 58.4 Å². The number of halogens is 2. The van der Waals surface area contributed by atoms with Gasteiger partial charge in [0.15, 0.2) is 0 Å². The van der Waals surface area contributed by atoms with E-state index in [9.17, 15) is 4.79 Å². The molecule has 1 saturated heterocycles. The minimum absolute atomic E-state index is 0. The molecule has 0 spiro atoms. The summed E-state index contributed by atoms with van der Waals surface area (Å²) in [5.74, 6) is -0.0229. The second kappa shape index (κ2) is 10.2. The molecule has 1 saturated carbocycles. The van der Waals surface area contributed by atoms with Crippen molar-refractivity contribution in [1.82, 2.24) is 0 Å². The quantitative estimate of drug-likeness (QED) is 0.801. The van der Waals surface area contributed by atoms with Crippen molar-refractivity contribution in [3.63, 3.8) is 0 Å². The molecule has 3 N–H and O–H groups in total. The van der Waals surface area contributed by atoms with Crippen LogP contribution in [0.3, 0.4) is 0 Å². The Bertz CT molecular complexity index is 539. The number of carbonyl (C=O) groups is 1. The second-order valence-corrected chi connectivity index (χ2v) is 7.12. The maximum absolute atomic E-state index is 12.6. The molecule has 1 aromatic carbocycles. The van der Waals surface area contributed by atoms with Gasteiger partial charge in [-0.2, -0.15) is 0 Å². The van der Waals surface area contributed by atoms with Crippen LogP contribution in [0.25, 0.3) is 0 Å². The molecule has 1 aliphatic carbocycles. The van der Waals surface area contributed by atoms with E-state index in [4.69, 9.17) is 5.73 Å². The Morgan fingerprint density at radius 2 is 1.56 bits per heavy atom. The summed E-state index contributed by atoms with van der Waals surface area (Å²) >= 11 is 0. The van der Waals surface area contributed by atoms with Gasteiger partial charge in [-0.05, 0) is 43.9 Å². The van der Waals surface area contributed by atoms with E-state index in [1.165, 1.54) is 37.8 Å². The van der Waals surface area contributed by atoms with Crippen LogP contribution >= 0.6 is 24.8 Å². The van der Waals surface area contributed by atoms with Crippen LogP contribution in [0.1, 0.15) is 57.8 Å². The summed E-state index contributed by atoms with van der Waals surface area (Å²) in [6, 6.07) is 8.22. The van der Waals surface area contributed by atoms with Crippen LogP contribution in [-0.4, -0.2) is 24.5 Å². The molecule has 0 radical (unpaired) electrons. The maximum Gasteiger partial charge on any atom is 0.244 e. The molecule has 6 heteroatoms. The van der Waals surface area contributed by atoms with Gasteiger partial charge in [-0.25, -0.2) is 0 Å². The van der Waals surface area contributed by atoms with E-state index in [0.29, 0.717) is 0 Å². The van der Waals surface area contributed by atoms with Crippen LogP contribution in [0.5, 0.6) is 0 Å². The van der Waals surface area contributed by atoms with Gasteiger partial charge in [-0.15, -0.1) is 24.8 Å². The number of nitrogens with two attached hydrogens (primary N) is 1. The summed E-state index contributed by atoms with van der Waals surface area (Å²) in [6.07, 6.45) is 10.0. The average Bonchev–Trinajstić information content (AvgIpc) is 2.85. The predicted molar refractivity (Wildman–Crippen MR) is 110 cm³/mol. The molecule has 0 bridgehead atoms. The van der Waals surface area contributed by atoms with Gasteiger partial charge in [-0.1, -0.05) is 38.2 Å². The first-order chi connectivity index (χ1) is 11.2. The van der Waals surface area contributed by atoms with E-state index in [1.807, 2.05) is 12.1 Å². The lowest BCUT2D eigenvalue weighted by Crippen LogP contribution is -2.52. The number of benzene rings is 1. The van der Waals surface area contributed by atoms with Gasteiger partial charge >= 0.3 is 0 Å². The standard InChI is InChI=1S/C19H29N3O.2ClH/c20-19(11-4-3-5-12-19)18(23)21-16-9-8-10-17(15-16)22-13-6-1-2-7-14-22;;/h8-10,15H,1-7,11-14,20H2,(H,21,23);2*1H. The summed E-state index contributed by atoms with van der Waals surface area (Å²) in [5.41, 5.74) is 7.72. The van der Waals surface area contributed by atoms with E-state index in [-0.39, 0.29) is 30.7 Å². The Morgan fingerprint density at radius 1 is 0.960 bits per heavy atom. The number of hydrogen-bond donors (Lipinski definition) is 2. The number of carbonyl (C=O) groups excluding carboxylic acids is 1. The first kappa shape index (κ1) is 22.1. The van der Waals surface area contributed by atoms with Gasteiger partial charge in [0, 0.05) is 24.5 Å². The van der Waals surface area contributed by atoms with E-state index in [0.717, 1.165) is 44.5 Å². The van der Waals surface area contributed by atoms with Crippen molar-refractivity contribution in [1.29, 1.82) is 0 Å². The molecule has 3 rings (SSSR count). The zero-order valence-corrected chi connectivity index (χ0v) is 16.5. The van der Waals surface area contributed by atoms with Crippen molar-refractivity contribution in [3.8, 4) is 0 Å². The SMILES string of the molecule is Cl.Cl.NC1(C(=O)Nc2cccc(N3CCCCCC3)c2)CCCCC1. The summed E-state index contributed by atoms with van der Waals surface area (Å²) < 4.78 is 0. The highest BCUT2D eigenvalue weighted by Crippen LogP contribution is 2.28. The van der Waals surface area contributed by atoms with Crippen LogP contribution in [0.15, 0.2) is 24.3 Å². The van der Waals surface area contributed by atoms with E-state index in [2.05, 4.69) is 22.3 Å². The fourth-order valence-electron chi connectivity index (χ4n) is 3.77. The van der Waals surface area contributed by atoms with Crippen molar-refractivity contribution >= 4 is 42.1 Å². The first-order valence-corrected chi connectivity index (χ1v) is 9.13. The van der Waals surface area contributed by atoms with Gasteiger partial charge in [0.2, 0.25) is 5.91 Å². The minimum atomic E-state index is -0.684. The van der Waals surface area contributed by atoms with Crippen LogP contribution in [-0.2, 0) is 4.79 Å². The van der Waals surface area contributed by atoms with E-state index in [1.54, 1.807) is 0 Å². The molecule has 1 aliphatic heterocycles. The lowest BCUT2D eigenvalue weighted by atomic mass is 9.82. The van der Waals surface area contributed by atoms with Gasteiger partial charge in [0.1, 0.15) is 0 Å². The molecular formula is C19H31Cl2N3O. The molecule has 0 aromatic heterocycles. The maximum atomic E-state index is 12.6. The number of amides is 1. The van der Waals surface area contributed by atoms with E-state index >= 15 is 0 Å². The Morgan fingerprint density at radius 3 is 2.20 bits per heavy atom. The summed E-state index contributed by atoms with van der Waals surface area (Å²) in [7, 11) is 0. The molecule has 1 amide bonds. The largest absolute Gasteiger partial charge is 0.371 e. The number of rotatable bonds is 3. The highest BCUT2D eigenvalue weighted by molar-refractivity contribution is 5.98. The molecule has 142 valence electrons. The fourth-order valence-corrected chi connectivity index (χ4v) is 3.77. The molecule has 25 heavy (non-hydrogen) atoms. The Kier molecular flexibility index (Phi) is 9.04. The third-order valence-electron chi connectivity index (χ3n) is 5.27. The van der Waals surface area contributed by atoms with Gasteiger partial charge < -0.3 is 16.0 Å². The van der Waals surface area contributed by atoms with Gasteiger partial charge in [0.25, 0.3) is 0 Å². The van der Waals surface area contributed by atoms with Crippen molar-refractivity contribution in [2.45, 2.75) is 63.3 Å². The third-order valence-corrected chi connectivity index (χ3v) is 5.27. The normalized spacial score (nSPS) is 19.8. The van der Waals surface area contributed by atoms with Crippen LogP contribution in [0, 0.1) is 0 Å². The highest BCUT2D eigenvalue weighted by atomic mass is 35.5. The van der Waals surface area contributed by atoms with Crippen LogP contribution in [0.4, 0.5) is 11.4 Å². The second-order valence-electron chi connectivity index (χ2n) is 7.12. The molecule has 0 unspecified atom stereocenters. The smallest absolute Gasteiger partial charge is 0.244 e. The predicted octanol–water partition coefficient (Wildman–Crippen LogP) is 4.51. The highest BCUT2D eigenvalue weighted by Gasteiger charge is 2.35. The molecule has 2 aliphatic rings. The lowest BCUT2D eigenvalue weighted by Gasteiger charge is -2.32. The van der Waals surface area contributed by atoms with Crippen molar-refractivity contribution in [3.05, 3.63) is 24.3 Å². The fraction of sp³-hybridized carbons (Fsp3) is 0.632. The summed E-state index contributed by atoms with van der Waals surface area (Å²) in [5, 5.41) is 3.06. The zero-order chi connectivity index (χ0) is 16.1. The van der Waals surface area contributed by atoms with E-state index < -0.39 is 5.54 Å². The van der Waals surface area contributed by atoms with Crippen LogP contribution in [0.2, 0.25) is 0 Å². The van der Waals surface area contributed by atoms with Crippen molar-refractivity contribution in [2.24, 2.45) is 5.73 Å². The average molecular weight is 388 g/mol. The lowest BCUT2D eigenvalue weighted by molar-refractivity contribution is -0.122. The minimum Gasteiger partial charge on any atom is -0.371 e. The zero-order valence-electron chi connectivity index (χ0n) is 14.8. The summed E-state index contributed by atoms with van der Waals surface area (Å²) in [4.78, 5) is 15.0. The Labute approximate surface area is 163 Å². The Hall–Kier alpha value is -0.970. The summed E-state index contributed by atoms with van der Waals surface area (Å²) in [6.45, 7) is 2.22. The number of hydrogen-bond acceptors (Lipinski definition) is 3. The van der Waals surface area contributed by atoms with Gasteiger partial charge in [0.05, 0.1) is 5.54 Å². The molecule has 1 aromatic rings. The number of nitrogens with zero attached hydrogens (tertiary/aromatic N) is 1. The first-order valence-electron chi connectivity index (χ1n) is 9.13. The Balaban J connectivity index is 0.00000156. The van der Waals surface area contributed by atoms with Crippen molar-refractivity contribution in [2.75, 3.05) is 23.3 Å². The molecule has 0 atom stereocenters. The molecular weight excluding hydrogens is 357 g/mol. The monoisotopic (exact) mass is 387 g/mol. The number of anilines is 2. The molecule has 1 heterocycles. The van der Waals surface area contributed by atoms with Crippen LogP contribution < -0.4 is 16.0 Å². The van der Waals surface area contributed by atoms with Crippen molar-refractivity contribution < 1.29 is 4.79 Å². The molecule has 4 nitrogen and oxygen atoms in total. The van der Waals surface area contributed by atoms with Gasteiger partial charge in [-0.3, -0.25) is 4.79 Å². The number of nitrogens with one attached hydrogen (secondary N) is 1. The molecule has 2 fully saturated rings.